The zero-order valence-electron chi connectivity index (χ0n) is 9.98. The number of nitrogens with zero attached hydrogens (tertiary/aromatic N) is 3. The van der Waals surface area contributed by atoms with E-state index < -0.39 is 0 Å². The molecule has 0 bridgehead atoms. The Balaban J connectivity index is 2.47. The Hall–Kier alpha value is -1.78. The Labute approximate surface area is 94.2 Å². The van der Waals surface area contributed by atoms with Crippen molar-refractivity contribution in [2.24, 2.45) is 7.05 Å². The molecule has 2 heterocycles. The van der Waals surface area contributed by atoms with Gasteiger partial charge in [0.25, 0.3) is 0 Å². The summed E-state index contributed by atoms with van der Waals surface area (Å²) in [7, 11) is 1.88. The summed E-state index contributed by atoms with van der Waals surface area (Å²) in [6.07, 6.45) is 0. The van der Waals surface area contributed by atoms with Crippen molar-refractivity contribution in [2.75, 3.05) is 5.73 Å². The average Bonchev–Trinajstić information content (AvgIpc) is 2.70. The molecule has 2 rings (SSSR count). The van der Waals surface area contributed by atoms with E-state index in [0.29, 0.717) is 11.6 Å². The molecule has 0 amide bonds. The number of anilines is 1. The normalized spacial score (nSPS) is 12.0. The number of rotatable bonds is 1. The summed E-state index contributed by atoms with van der Waals surface area (Å²) < 4.78 is 6.65. The zero-order valence-corrected chi connectivity index (χ0v) is 9.98. The summed E-state index contributed by atoms with van der Waals surface area (Å²) in [5.74, 6) is 0.313. The molecule has 86 valence electrons. The van der Waals surface area contributed by atoms with Gasteiger partial charge in [-0.1, -0.05) is 25.9 Å². The molecule has 5 heteroatoms. The highest BCUT2D eigenvalue weighted by Crippen LogP contribution is 2.26. The van der Waals surface area contributed by atoms with Crippen LogP contribution in [0.5, 0.6) is 0 Å². The molecule has 0 aromatic carbocycles. The molecular formula is C11H16N4O. The maximum Gasteiger partial charge on any atom is 0.222 e. The lowest BCUT2D eigenvalue weighted by molar-refractivity contribution is 0.438. The number of nitrogen functional groups attached to an aromatic ring is 1. The molecule has 0 atom stereocenters. The third-order valence-electron chi connectivity index (χ3n) is 2.44. The van der Waals surface area contributed by atoms with E-state index in [-0.39, 0.29) is 5.41 Å². The van der Waals surface area contributed by atoms with Gasteiger partial charge in [0.1, 0.15) is 5.69 Å². The van der Waals surface area contributed by atoms with E-state index in [1.807, 2.05) is 13.1 Å². The smallest absolute Gasteiger partial charge is 0.222 e. The molecule has 0 aliphatic carbocycles. The second kappa shape index (κ2) is 3.37. The lowest BCUT2D eigenvalue weighted by atomic mass is 9.92. The van der Waals surface area contributed by atoms with Crippen molar-refractivity contribution in [1.29, 1.82) is 0 Å². The van der Waals surface area contributed by atoms with Crippen molar-refractivity contribution >= 4 is 5.88 Å². The molecule has 0 saturated heterocycles. The number of aryl methyl sites for hydroxylation is 1. The van der Waals surface area contributed by atoms with Gasteiger partial charge in [-0.05, 0) is 6.07 Å². The minimum absolute atomic E-state index is 0.0191. The maximum absolute atomic E-state index is 5.50. The molecule has 0 aliphatic rings. The van der Waals surface area contributed by atoms with E-state index in [0.717, 1.165) is 11.4 Å². The topological polar surface area (TPSA) is 69.9 Å². The van der Waals surface area contributed by atoms with E-state index in [2.05, 4.69) is 31.0 Å². The van der Waals surface area contributed by atoms with Gasteiger partial charge in [0.15, 0.2) is 0 Å². The van der Waals surface area contributed by atoms with Gasteiger partial charge < -0.3 is 10.3 Å². The zero-order chi connectivity index (χ0) is 11.9. The quantitative estimate of drug-likeness (QED) is 0.797. The van der Waals surface area contributed by atoms with E-state index in [4.69, 9.17) is 10.3 Å². The fourth-order valence-corrected chi connectivity index (χ4v) is 1.48. The van der Waals surface area contributed by atoms with Crippen molar-refractivity contribution in [2.45, 2.75) is 26.2 Å². The first-order valence-electron chi connectivity index (χ1n) is 5.15. The molecule has 2 aromatic heterocycles. The predicted molar refractivity (Wildman–Crippen MR) is 61.8 cm³/mol. The van der Waals surface area contributed by atoms with Crippen molar-refractivity contribution in [3.63, 3.8) is 0 Å². The van der Waals surface area contributed by atoms with Crippen LogP contribution in [0, 0.1) is 0 Å². The van der Waals surface area contributed by atoms with Crippen LogP contribution in [-0.4, -0.2) is 14.9 Å². The molecule has 0 saturated carbocycles. The second-order valence-electron chi connectivity index (χ2n) is 4.90. The summed E-state index contributed by atoms with van der Waals surface area (Å²) in [5, 5.41) is 8.34. The van der Waals surface area contributed by atoms with Crippen LogP contribution in [0.1, 0.15) is 26.5 Å². The summed E-state index contributed by atoms with van der Waals surface area (Å²) in [6, 6.07) is 3.71. The maximum atomic E-state index is 5.50. The first kappa shape index (κ1) is 10.7. The Morgan fingerprint density at radius 3 is 2.44 bits per heavy atom. The fraction of sp³-hybridized carbons (Fsp3) is 0.455. The standard InChI is InChI=1S/C11H16N4O/c1-11(2,3)9-6-8(15(4)13-9)7-5-10(12)16-14-7/h5-6H,12H2,1-4H3. The molecule has 0 fully saturated rings. The van der Waals surface area contributed by atoms with Crippen LogP contribution in [0.4, 0.5) is 5.88 Å². The SMILES string of the molecule is Cn1nc(C(C)(C)C)cc1-c1cc(N)on1. The molecule has 5 nitrogen and oxygen atoms in total. The average molecular weight is 220 g/mol. The Kier molecular flexibility index (Phi) is 2.26. The number of aromatic nitrogens is 3. The highest BCUT2D eigenvalue weighted by molar-refractivity contribution is 5.58. The summed E-state index contributed by atoms with van der Waals surface area (Å²) in [5.41, 5.74) is 8.16. The van der Waals surface area contributed by atoms with Gasteiger partial charge in [-0.3, -0.25) is 4.68 Å². The van der Waals surface area contributed by atoms with Gasteiger partial charge in [0.2, 0.25) is 5.88 Å². The van der Waals surface area contributed by atoms with Gasteiger partial charge in [-0.15, -0.1) is 0 Å². The summed E-state index contributed by atoms with van der Waals surface area (Å²) in [4.78, 5) is 0. The minimum atomic E-state index is 0.0191. The predicted octanol–water partition coefficient (Wildman–Crippen LogP) is 1.95. The van der Waals surface area contributed by atoms with Crippen molar-refractivity contribution in [3.8, 4) is 11.4 Å². The third kappa shape index (κ3) is 1.80. The molecular weight excluding hydrogens is 204 g/mol. The van der Waals surface area contributed by atoms with Crippen LogP contribution in [0.2, 0.25) is 0 Å². The van der Waals surface area contributed by atoms with Crippen LogP contribution in [-0.2, 0) is 12.5 Å². The number of hydrogen-bond acceptors (Lipinski definition) is 4. The first-order valence-corrected chi connectivity index (χ1v) is 5.15. The summed E-state index contributed by atoms with van der Waals surface area (Å²) >= 11 is 0. The lowest BCUT2D eigenvalue weighted by Gasteiger charge is -2.13. The monoisotopic (exact) mass is 220 g/mol. The molecule has 0 spiro atoms. The van der Waals surface area contributed by atoms with E-state index in [1.165, 1.54) is 0 Å². The Bertz CT molecular complexity index is 504. The van der Waals surface area contributed by atoms with Crippen molar-refractivity contribution < 1.29 is 4.52 Å². The molecule has 2 N–H and O–H groups in total. The Morgan fingerprint density at radius 1 is 1.31 bits per heavy atom. The van der Waals surface area contributed by atoms with Gasteiger partial charge in [-0.25, -0.2) is 0 Å². The van der Waals surface area contributed by atoms with E-state index >= 15 is 0 Å². The fourth-order valence-electron chi connectivity index (χ4n) is 1.48. The van der Waals surface area contributed by atoms with Crippen molar-refractivity contribution in [1.82, 2.24) is 14.9 Å². The number of nitrogens with two attached hydrogens (primary N) is 1. The van der Waals surface area contributed by atoms with E-state index in [1.54, 1.807) is 10.7 Å². The first-order chi connectivity index (χ1) is 7.38. The van der Waals surface area contributed by atoms with Gasteiger partial charge in [-0.2, -0.15) is 5.10 Å². The van der Waals surface area contributed by atoms with Crippen LogP contribution in [0.3, 0.4) is 0 Å². The lowest BCUT2D eigenvalue weighted by Crippen LogP contribution is -2.12. The molecule has 0 aliphatic heterocycles. The third-order valence-corrected chi connectivity index (χ3v) is 2.44. The highest BCUT2D eigenvalue weighted by atomic mass is 16.5. The van der Waals surface area contributed by atoms with Crippen LogP contribution in [0.25, 0.3) is 11.4 Å². The van der Waals surface area contributed by atoms with Crippen LogP contribution >= 0.6 is 0 Å². The van der Waals surface area contributed by atoms with Gasteiger partial charge in [0.05, 0.1) is 11.4 Å². The van der Waals surface area contributed by atoms with Gasteiger partial charge in [0, 0.05) is 18.5 Å². The summed E-state index contributed by atoms with van der Waals surface area (Å²) in [6.45, 7) is 6.36. The van der Waals surface area contributed by atoms with E-state index in [9.17, 15) is 0 Å². The van der Waals surface area contributed by atoms with Gasteiger partial charge >= 0.3 is 0 Å². The molecule has 0 unspecified atom stereocenters. The second-order valence-corrected chi connectivity index (χ2v) is 4.90. The van der Waals surface area contributed by atoms with Crippen molar-refractivity contribution in [3.05, 3.63) is 17.8 Å². The van der Waals surface area contributed by atoms with Crippen LogP contribution in [0.15, 0.2) is 16.7 Å². The Morgan fingerprint density at radius 2 is 2.00 bits per heavy atom. The van der Waals surface area contributed by atoms with Crippen LogP contribution < -0.4 is 5.73 Å². The largest absolute Gasteiger partial charge is 0.368 e. The molecule has 16 heavy (non-hydrogen) atoms. The molecule has 0 radical (unpaired) electrons. The minimum Gasteiger partial charge on any atom is -0.368 e. The molecule has 2 aromatic rings. The highest BCUT2D eigenvalue weighted by Gasteiger charge is 2.20. The number of hydrogen-bond donors (Lipinski definition) is 1.